The Kier molecular flexibility index (Phi) is 3.25. The molecule has 1 N–H and O–H groups in total. The number of methoxy groups -OCH3 is 1. The zero-order valence-electron chi connectivity index (χ0n) is 9.89. The van der Waals surface area contributed by atoms with Crippen molar-refractivity contribution >= 4 is 0 Å². The van der Waals surface area contributed by atoms with E-state index in [1.807, 2.05) is 7.05 Å². The topological polar surface area (TPSA) is 60.2 Å². The molecule has 2 rings (SSSR count). The largest absolute Gasteiger partial charge is 0.393 e. The summed E-state index contributed by atoms with van der Waals surface area (Å²) < 4.78 is 7.19. The SMILES string of the molecule is COC1(CC(O)Cc2ncnn2C)CCC1. The van der Waals surface area contributed by atoms with Crippen LogP contribution in [0.5, 0.6) is 0 Å². The van der Waals surface area contributed by atoms with Gasteiger partial charge in [-0.15, -0.1) is 0 Å². The van der Waals surface area contributed by atoms with E-state index in [1.54, 1.807) is 11.8 Å². The summed E-state index contributed by atoms with van der Waals surface area (Å²) in [6, 6.07) is 0. The van der Waals surface area contributed by atoms with Crippen molar-refractivity contribution in [3.8, 4) is 0 Å². The summed E-state index contributed by atoms with van der Waals surface area (Å²) in [4.78, 5) is 4.11. The molecule has 0 aromatic carbocycles. The van der Waals surface area contributed by atoms with E-state index in [0.29, 0.717) is 12.8 Å². The molecular formula is C11H19N3O2. The number of rotatable bonds is 5. The van der Waals surface area contributed by atoms with E-state index in [-0.39, 0.29) is 5.60 Å². The third-order valence-corrected chi connectivity index (χ3v) is 3.53. The number of ether oxygens (including phenoxy) is 1. The van der Waals surface area contributed by atoms with Gasteiger partial charge in [0, 0.05) is 27.0 Å². The van der Waals surface area contributed by atoms with Crippen LogP contribution in [0.2, 0.25) is 0 Å². The molecule has 0 aliphatic heterocycles. The van der Waals surface area contributed by atoms with Crippen molar-refractivity contribution < 1.29 is 9.84 Å². The molecule has 1 heterocycles. The van der Waals surface area contributed by atoms with Crippen molar-refractivity contribution in [1.82, 2.24) is 14.8 Å². The molecule has 1 atom stereocenters. The molecule has 0 spiro atoms. The predicted molar refractivity (Wildman–Crippen MR) is 58.9 cm³/mol. The number of aryl methyl sites for hydroxylation is 1. The second-order valence-corrected chi connectivity index (χ2v) is 4.60. The van der Waals surface area contributed by atoms with E-state index in [9.17, 15) is 5.11 Å². The quantitative estimate of drug-likeness (QED) is 0.800. The minimum atomic E-state index is -0.400. The Morgan fingerprint density at radius 3 is 2.81 bits per heavy atom. The van der Waals surface area contributed by atoms with Crippen LogP contribution in [-0.4, -0.2) is 38.7 Å². The van der Waals surface area contributed by atoms with E-state index in [1.165, 1.54) is 12.7 Å². The fourth-order valence-electron chi connectivity index (χ4n) is 2.28. The van der Waals surface area contributed by atoms with Gasteiger partial charge in [0.15, 0.2) is 0 Å². The molecule has 1 aromatic heterocycles. The molecule has 1 fully saturated rings. The Morgan fingerprint density at radius 1 is 1.62 bits per heavy atom. The fourth-order valence-corrected chi connectivity index (χ4v) is 2.28. The lowest BCUT2D eigenvalue weighted by molar-refractivity contribution is -0.0991. The molecule has 5 nitrogen and oxygen atoms in total. The van der Waals surface area contributed by atoms with Crippen molar-refractivity contribution in [1.29, 1.82) is 0 Å². The summed E-state index contributed by atoms with van der Waals surface area (Å²) in [5.74, 6) is 0.818. The molecule has 0 saturated heterocycles. The van der Waals surface area contributed by atoms with Gasteiger partial charge >= 0.3 is 0 Å². The van der Waals surface area contributed by atoms with Gasteiger partial charge in [0.25, 0.3) is 0 Å². The van der Waals surface area contributed by atoms with Crippen molar-refractivity contribution in [2.45, 2.75) is 43.8 Å². The van der Waals surface area contributed by atoms with Gasteiger partial charge in [-0.2, -0.15) is 5.10 Å². The van der Waals surface area contributed by atoms with Gasteiger partial charge in [-0.05, 0) is 19.3 Å². The second-order valence-electron chi connectivity index (χ2n) is 4.60. The minimum Gasteiger partial charge on any atom is -0.393 e. The smallest absolute Gasteiger partial charge is 0.138 e. The zero-order chi connectivity index (χ0) is 11.6. The van der Waals surface area contributed by atoms with E-state index >= 15 is 0 Å². The van der Waals surface area contributed by atoms with Gasteiger partial charge in [-0.1, -0.05) is 0 Å². The lowest BCUT2D eigenvalue weighted by Gasteiger charge is -2.41. The number of aromatic nitrogens is 3. The van der Waals surface area contributed by atoms with Crippen LogP contribution in [0.3, 0.4) is 0 Å². The first kappa shape index (κ1) is 11.5. The Balaban J connectivity index is 1.89. The van der Waals surface area contributed by atoms with Crippen LogP contribution in [0.25, 0.3) is 0 Å². The summed E-state index contributed by atoms with van der Waals surface area (Å²) >= 11 is 0. The Labute approximate surface area is 95.4 Å². The standard InChI is InChI=1S/C11H19N3O2/c1-14-10(12-8-13-14)6-9(15)7-11(16-2)4-3-5-11/h8-9,15H,3-7H2,1-2H3. The van der Waals surface area contributed by atoms with Gasteiger partial charge in [-0.3, -0.25) is 4.68 Å². The molecule has 1 aliphatic carbocycles. The monoisotopic (exact) mass is 225 g/mol. The molecule has 0 amide bonds. The second kappa shape index (κ2) is 4.51. The highest BCUT2D eigenvalue weighted by molar-refractivity contribution is 4.94. The molecule has 0 bridgehead atoms. The maximum absolute atomic E-state index is 10.0. The van der Waals surface area contributed by atoms with Crippen molar-refractivity contribution in [2.75, 3.05) is 7.11 Å². The average Bonchev–Trinajstić information content (AvgIpc) is 2.58. The maximum atomic E-state index is 10.0. The Hall–Kier alpha value is -0.940. The summed E-state index contributed by atoms with van der Waals surface area (Å²) in [6.07, 6.45) is 5.65. The Bertz CT molecular complexity index is 341. The van der Waals surface area contributed by atoms with Gasteiger partial charge in [-0.25, -0.2) is 4.98 Å². The van der Waals surface area contributed by atoms with Crippen LogP contribution >= 0.6 is 0 Å². The first-order valence-corrected chi connectivity index (χ1v) is 5.71. The number of nitrogens with zero attached hydrogens (tertiary/aromatic N) is 3. The maximum Gasteiger partial charge on any atom is 0.138 e. The van der Waals surface area contributed by atoms with Gasteiger partial charge in [0.1, 0.15) is 12.2 Å². The van der Waals surface area contributed by atoms with Crippen molar-refractivity contribution in [3.05, 3.63) is 12.2 Å². The number of aliphatic hydroxyl groups excluding tert-OH is 1. The molecule has 90 valence electrons. The van der Waals surface area contributed by atoms with E-state index in [2.05, 4.69) is 10.1 Å². The Morgan fingerprint density at radius 2 is 2.38 bits per heavy atom. The molecule has 1 saturated carbocycles. The third-order valence-electron chi connectivity index (χ3n) is 3.53. The first-order valence-electron chi connectivity index (χ1n) is 5.71. The summed E-state index contributed by atoms with van der Waals surface area (Å²) in [6.45, 7) is 0. The highest BCUT2D eigenvalue weighted by Gasteiger charge is 2.38. The van der Waals surface area contributed by atoms with Crippen LogP contribution in [0.1, 0.15) is 31.5 Å². The molecule has 5 heteroatoms. The molecule has 16 heavy (non-hydrogen) atoms. The number of hydrogen-bond donors (Lipinski definition) is 1. The van der Waals surface area contributed by atoms with Gasteiger partial charge in [0.05, 0.1) is 11.7 Å². The summed E-state index contributed by atoms with van der Waals surface area (Å²) in [7, 11) is 3.57. The third kappa shape index (κ3) is 2.25. The van der Waals surface area contributed by atoms with E-state index in [0.717, 1.165) is 18.7 Å². The summed E-state index contributed by atoms with van der Waals surface area (Å²) in [5, 5.41) is 14.0. The van der Waals surface area contributed by atoms with Crippen LogP contribution in [0, 0.1) is 0 Å². The van der Waals surface area contributed by atoms with E-state index in [4.69, 9.17) is 4.74 Å². The molecule has 0 radical (unpaired) electrons. The molecule has 1 aliphatic rings. The summed E-state index contributed by atoms with van der Waals surface area (Å²) in [5.41, 5.74) is -0.0853. The van der Waals surface area contributed by atoms with Gasteiger partial charge < -0.3 is 9.84 Å². The number of aliphatic hydroxyl groups is 1. The molecule has 1 unspecified atom stereocenters. The van der Waals surface area contributed by atoms with E-state index < -0.39 is 6.10 Å². The normalized spacial score (nSPS) is 20.4. The van der Waals surface area contributed by atoms with Crippen molar-refractivity contribution in [2.24, 2.45) is 7.05 Å². The minimum absolute atomic E-state index is 0.0853. The van der Waals surface area contributed by atoms with Crippen LogP contribution in [0.4, 0.5) is 0 Å². The van der Waals surface area contributed by atoms with Crippen LogP contribution in [-0.2, 0) is 18.2 Å². The average molecular weight is 225 g/mol. The van der Waals surface area contributed by atoms with Crippen molar-refractivity contribution in [3.63, 3.8) is 0 Å². The fraction of sp³-hybridized carbons (Fsp3) is 0.818. The number of hydrogen-bond acceptors (Lipinski definition) is 4. The highest BCUT2D eigenvalue weighted by Crippen LogP contribution is 2.39. The van der Waals surface area contributed by atoms with Gasteiger partial charge in [0.2, 0.25) is 0 Å². The molecular weight excluding hydrogens is 206 g/mol. The first-order chi connectivity index (χ1) is 7.65. The predicted octanol–water partition coefficient (Wildman–Crippen LogP) is 0.678. The molecule has 1 aromatic rings. The lowest BCUT2D eigenvalue weighted by Crippen LogP contribution is -2.42. The highest BCUT2D eigenvalue weighted by atomic mass is 16.5. The van der Waals surface area contributed by atoms with Crippen LogP contribution in [0.15, 0.2) is 6.33 Å². The van der Waals surface area contributed by atoms with Crippen LogP contribution < -0.4 is 0 Å². The zero-order valence-corrected chi connectivity index (χ0v) is 9.89. The lowest BCUT2D eigenvalue weighted by atomic mass is 9.76.